The monoisotopic (exact) mass is 261 g/mol. The van der Waals surface area contributed by atoms with Crippen molar-refractivity contribution in [3.63, 3.8) is 0 Å². The van der Waals surface area contributed by atoms with Crippen LogP contribution in [0.5, 0.6) is 0 Å². The lowest BCUT2D eigenvalue weighted by Crippen LogP contribution is -2.12. The number of anilines is 1. The van der Waals surface area contributed by atoms with Crippen LogP contribution in [-0.2, 0) is 10.9 Å². The third kappa shape index (κ3) is 3.56. The molecule has 1 aromatic heterocycles. The van der Waals surface area contributed by atoms with Crippen molar-refractivity contribution in [2.75, 3.05) is 25.1 Å². The maximum atomic E-state index is 12.2. The Morgan fingerprint density at radius 1 is 1.33 bits per heavy atom. The number of alkyl halides is 3. The third-order valence-electron chi connectivity index (χ3n) is 2.84. The van der Waals surface area contributed by atoms with Gasteiger partial charge >= 0.3 is 6.18 Å². The van der Waals surface area contributed by atoms with Crippen LogP contribution in [0.15, 0.2) is 12.1 Å². The van der Waals surface area contributed by atoms with Crippen LogP contribution >= 0.6 is 0 Å². The van der Waals surface area contributed by atoms with Gasteiger partial charge in [-0.15, -0.1) is 10.2 Å². The largest absolute Gasteiger partial charge is 0.435 e. The molecule has 0 aromatic carbocycles. The molecule has 0 saturated carbocycles. The molecule has 1 atom stereocenters. The summed E-state index contributed by atoms with van der Waals surface area (Å²) in [5.74, 6) is 0.891. The van der Waals surface area contributed by atoms with Crippen LogP contribution in [0.25, 0.3) is 0 Å². The summed E-state index contributed by atoms with van der Waals surface area (Å²) in [6, 6.07) is 2.22. The number of aromatic nitrogens is 2. The Balaban J connectivity index is 1.79. The van der Waals surface area contributed by atoms with Gasteiger partial charge in [-0.05, 0) is 30.9 Å². The van der Waals surface area contributed by atoms with Crippen LogP contribution in [0.4, 0.5) is 19.0 Å². The number of hydrogen-bond donors (Lipinski definition) is 1. The minimum Gasteiger partial charge on any atom is -0.381 e. The van der Waals surface area contributed by atoms with Gasteiger partial charge in [-0.3, -0.25) is 0 Å². The zero-order valence-electron chi connectivity index (χ0n) is 9.70. The molecule has 0 amide bonds. The molecule has 18 heavy (non-hydrogen) atoms. The van der Waals surface area contributed by atoms with Crippen LogP contribution in [0, 0.1) is 5.92 Å². The fourth-order valence-electron chi connectivity index (χ4n) is 1.79. The molecule has 0 spiro atoms. The average Bonchev–Trinajstić information content (AvgIpc) is 2.82. The zero-order chi connectivity index (χ0) is 13.0. The Bertz CT molecular complexity index is 374. The molecule has 1 N–H and O–H groups in total. The van der Waals surface area contributed by atoms with Gasteiger partial charge in [-0.1, -0.05) is 0 Å². The fourth-order valence-corrected chi connectivity index (χ4v) is 1.79. The summed E-state index contributed by atoms with van der Waals surface area (Å²) in [5.41, 5.74) is -0.975. The summed E-state index contributed by atoms with van der Waals surface area (Å²) in [6.07, 6.45) is -2.48. The van der Waals surface area contributed by atoms with E-state index in [0.29, 0.717) is 18.3 Å². The molecule has 1 unspecified atom stereocenters. The Labute approximate surface area is 103 Å². The predicted octanol–water partition coefficient (Wildman–Crippen LogP) is 2.33. The summed E-state index contributed by atoms with van der Waals surface area (Å²) in [7, 11) is 0. The van der Waals surface area contributed by atoms with E-state index in [-0.39, 0.29) is 0 Å². The highest BCUT2D eigenvalue weighted by Gasteiger charge is 2.32. The predicted molar refractivity (Wildman–Crippen MR) is 59.1 cm³/mol. The summed E-state index contributed by atoms with van der Waals surface area (Å²) < 4.78 is 41.9. The van der Waals surface area contributed by atoms with E-state index >= 15 is 0 Å². The van der Waals surface area contributed by atoms with Crippen molar-refractivity contribution in [1.29, 1.82) is 0 Å². The van der Waals surface area contributed by atoms with Gasteiger partial charge in [0.25, 0.3) is 0 Å². The summed E-state index contributed by atoms with van der Waals surface area (Å²) >= 11 is 0. The van der Waals surface area contributed by atoms with Gasteiger partial charge in [0.2, 0.25) is 0 Å². The normalized spacial score (nSPS) is 20.1. The first-order valence-electron chi connectivity index (χ1n) is 5.78. The summed E-state index contributed by atoms with van der Waals surface area (Å²) in [5, 5.41) is 9.59. The van der Waals surface area contributed by atoms with Crippen molar-refractivity contribution >= 4 is 5.82 Å². The molecule has 0 bridgehead atoms. The van der Waals surface area contributed by atoms with Gasteiger partial charge in [0.1, 0.15) is 5.82 Å². The first-order chi connectivity index (χ1) is 8.55. The molecule has 0 radical (unpaired) electrons. The van der Waals surface area contributed by atoms with Gasteiger partial charge in [0, 0.05) is 19.8 Å². The highest BCUT2D eigenvalue weighted by molar-refractivity contribution is 5.33. The lowest BCUT2D eigenvalue weighted by Gasteiger charge is -2.09. The van der Waals surface area contributed by atoms with E-state index in [0.717, 1.165) is 32.1 Å². The quantitative estimate of drug-likeness (QED) is 0.903. The van der Waals surface area contributed by atoms with Crippen molar-refractivity contribution in [1.82, 2.24) is 10.2 Å². The molecule has 1 aliphatic rings. The number of rotatable bonds is 4. The minimum absolute atomic E-state index is 0.363. The topological polar surface area (TPSA) is 47.0 Å². The fraction of sp³-hybridized carbons (Fsp3) is 0.636. The molecule has 1 fully saturated rings. The molecule has 1 saturated heterocycles. The van der Waals surface area contributed by atoms with Crippen molar-refractivity contribution < 1.29 is 17.9 Å². The van der Waals surface area contributed by atoms with E-state index in [1.165, 1.54) is 6.07 Å². The van der Waals surface area contributed by atoms with Crippen molar-refractivity contribution in [2.24, 2.45) is 5.92 Å². The van der Waals surface area contributed by atoms with Crippen molar-refractivity contribution in [3.05, 3.63) is 17.8 Å². The molecule has 7 heteroatoms. The van der Waals surface area contributed by atoms with Crippen LogP contribution < -0.4 is 5.32 Å². The first-order valence-corrected chi connectivity index (χ1v) is 5.78. The molecule has 4 nitrogen and oxygen atoms in total. The minimum atomic E-state index is -4.44. The summed E-state index contributed by atoms with van der Waals surface area (Å²) in [4.78, 5) is 0. The number of nitrogens with one attached hydrogen (secondary N) is 1. The second-order valence-corrected chi connectivity index (χ2v) is 4.25. The van der Waals surface area contributed by atoms with Crippen LogP contribution in [0.3, 0.4) is 0 Å². The lowest BCUT2D eigenvalue weighted by atomic mass is 10.1. The van der Waals surface area contributed by atoms with E-state index in [4.69, 9.17) is 4.74 Å². The highest BCUT2D eigenvalue weighted by atomic mass is 19.4. The average molecular weight is 261 g/mol. The standard InChI is InChI=1S/C11H14F3N3O/c12-11(13,14)9-1-2-10(17-16-9)15-5-3-8-4-6-18-7-8/h1-2,8H,3-7H2,(H,15,17). The van der Waals surface area contributed by atoms with E-state index < -0.39 is 11.9 Å². The van der Waals surface area contributed by atoms with E-state index in [1.54, 1.807) is 0 Å². The molecule has 100 valence electrons. The Morgan fingerprint density at radius 2 is 2.17 bits per heavy atom. The number of halogens is 3. The van der Waals surface area contributed by atoms with Crippen molar-refractivity contribution in [3.8, 4) is 0 Å². The van der Waals surface area contributed by atoms with Gasteiger partial charge in [-0.2, -0.15) is 13.2 Å². The van der Waals surface area contributed by atoms with Gasteiger partial charge in [0.15, 0.2) is 5.69 Å². The Morgan fingerprint density at radius 3 is 2.72 bits per heavy atom. The Hall–Kier alpha value is -1.37. The maximum Gasteiger partial charge on any atom is 0.435 e. The second-order valence-electron chi connectivity index (χ2n) is 4.25. The van der Waals surface area contributed by atoms with E-state index in [9.17, 15) is 13.2 Å². The number of nitrogens with zero attached hydrogens (tertiary/aromatic N) is 2. The molecule has 2 heterocycles. The van der Waals surface area contributed by atoms with Gasteiger partial charge < -0.3 is 10.1 Å². The SMILES string of the molecule is FC(F)(F)c1ccc(NCCC2CCOC2)nn1. The molecule has 0 aliphatic carbocycles. The maximum absolute atomic E-state index is 12.2. The van der Waals surface area contributed by atoms with Crippen LogP contribution in [0.1, 0.15) is 18.5 Å². The smallest absolute Gasteiger partial charge is 0.381 e. The van der Waals surface area contributed by atoms with E-state index in [2.05, 4.69) is 15.5 Å². The highest BCUT2D eigenvalue weighted by Crippen LogP contribution is 2.27. The second kappa shape index (κ2) is 5.51. The summed E-state index contributed by atoms with van der Waals surface area (Å²) in [6.45, 7) is 2.22. The van der Waals surface area contributed by atoms with Crippen LogP contribution in [0.2, 0.25) is 0 Å². The Kier molecular flexibility index (Phi) is 4.00. The third-order valence-corrected chi connectivity index (χ3v) is 2.84. The van der Waals surface area contributed by atoms with Gasteiger partial charge in [0.05, 0.1) is 0 Å². The number of ether oxygens (including phenoxy) is 1. The van der Waals surface area contributed by atoms with E-state index in [1.807, 2.05) is 0 Å². The molecular formula is C11H14F3N3O. The zero-order valence-corrected chi connectivity index (χ0v) is 9.70. The molecule has 2 rings (SSSR count). The lowest BCUT2D eigenvalue weighted by molar-refractivity contribution is -0.141. The molecule has 1 aromatic rings. The van der Waals surface area contributed by atoms with Crippen molar-refractivity contribution in [2.45, 2.75) is 19.0 Å². The first kappa shape index (κ1) is 13.1. The molecular weight excluding hydrogens is 247 g/mol. The molecule has 1 aliphatic heterocycles. The van der Waals surface area contributed by atoms with Gasteiger partial charge in [-0.25, -0.2) is 0 Å². The number of hydrogen-bond acceptors (Lipinski definition) is 4. The van der Waals surface area contributed by atoms with Crippen LogP contribution in [-0.4, -0.2) is 30.0 Å².